The van der Waals surface area contributed by atoms with Crippen LogP contribution in [0.3, 0.4) is 0 Å². The van der Waals surface area contributed by atoms with Gasteiger partial charge in [0, 0.05) is 9.79 Å². The standard InChI is InChI=1S/C20H16O4S/c1-23-14-6-8-15(9-7-14)24-16-10-12-17(13-11-16)25-19-5-3-2-4-18(19)20(21)22/h2-13H,1H3,(H,21,22). The topological polar surface area (TPSA) is 55.8 Å². The van der Waals surface area contributed by atoms with Crippen LogP contribution in [0.15, 0.2) is 82.6 Å². The number of carboxylic acids is 1. The monoisotopic (exact) mass is 352 g/mol. The molecule has 0 spiro atoms. The van der Waals surface area contributed by atoms with Crippen molar-refractivity contribution in [1.29, 1.82) is 0 Å². The lowest BCUT2D eigenvalue weighted by Gasteiger charge is -2.08. The van der Waals surface area contributed by atoms with Gasteiger partial charge in [-0.05, 0) is 60.7 Å². The molecular formula is C20H16O4S. The van der Waals surface area contributed by atoms with E-state index in [0.29, 0.717) is 16.2 Å². The minimum absolute atomic E-state index is 0.297. The second kappa shape index (κ2) is 7.77. The molecule has 0 amide bonds. The van der Waals surface area contributed by atoms with E-state index in [1.807, 2.05) is 54.6 Å². The fourth-order valence-corrected chi connectivity index (χ4v) is 3.15. The van der Waals surface area contributed by atoms with Crippen LogP contribution in [0.2, 0.25) is 0 Å². The molecule has 0 bridgehead atoms. The van der Waals surface area contributed by atoms with Gasteiger partial charge in [0.05, 0.1) is 12.7 Å². The smallest absolute Gasteiger partial charge is 0.336 e. The van der Waals surface area contributed by atoms with Crippen LogP contribution in [0.1, 0.15) is 10.4 Å². The largest absolute Gasteiger partial charge is 0.497 e. The number of ether oxygens (including phenoxy) is 2. The third-order valence-corrected chi connectivity index (χ3v) is 4.55. The SMILES string of the molecule is COc1ccc(Oc2ccc(Sc3ccccc3C(=O)O)cc2)cc1. The van der Waals surface area contributed by atoms with E-state index < -0.39 is 5.97 Å². The van der Waals surface area contributed by atoms with Gasteiger partial charge in [0.1, 0.15) is 17.2 Å². The van der Waals surface area contributed by atoms with Gasteiger partial charge in [0.25, 0.3) is 0 Å². The summed E-state index contributed by atoms with van der Waals surface area (Å²) in [6.07, 6.45) is 0. The zero-order chi connectivity index (χ0) is 17.6. The van der Waals surface area contributed by atoms with Gasteiger partial charge in [0.15, 0.2) is 0 Å². The van der Waals surface area contributed by atoms with Gasteiger partial charge in [-0.25, -0.2) is 4.79 Å². The summed E-state index contributed by atoms with van der Waals surface area (Å²) >= 11 is 1.41. The van der Waals surface area contributed by atoms with Gasteiger partial charge in [0.2, 0.25) is 0 Å². The summed E-state index contributed by atoms with van der Waals surface area (Å²) < 4.78 is 10.9. The van der Waals surface area contributed by atoms with E-state index in [4.69, 9.17) is 9.47 Å². The summed E-state index contributed by atoms with van der Waals surface area (Å²) in [5.74, 6) is 1.28. The van der Waals surface area contributed by atoms with Gasteiger partial charge in [-0.1, -0.05) is 23.9 Å². The molecule has 0 aliphatic carbocycles. The molecule has 3 aromatic carbocycles. The fraction of sp³-hybridized carbons (Fsp3) is 0.0500. The summed E-state index contributed by atoms with van der Waals surface area (Å²) in [5, 5.41) is 9.25. The lowest BCUT2D eigenvalue weighted by molar-refractivity contribution is 0.0693. The summed E-state index contributed by atoms with van der Waals surface area (Å²) in [6, 6.07) is 21.8. The average molecular weight is 352 g/mol. The zero-order valence-corrected chi connectivity index (χ0v) is 14.3. The Kier molecular flexibility index (Phi) is 5.26. The molecule has 3 rings (SSSR count). The molecular weight excluding hydrogens is 336 g/mol. The van der Waals surface area contributed by atoms with Crippen molar-refractivity contribution in [2.75, 3.05) is 7.11 Å². The highest BCUT2D eigenvalue weighted by Gasteiger charge is 2.10. The van der Waals surface area contributed by atoms with Crippen molar-refractivity contribution in [1.82, 2.24) is 0 Å². The highest BCUT2D eigenvalue weighted by atomic mass is 32.2. The number of aromatic carboxylic acids is 1. The first-order chi connectivity index (χ1) is 12.2. The quantitative estimate of drug-likeness (QED) is 0.649. The molecule has 0 radical (unpaired) electrons. The number of rotatable bonds is 6. The van der Waals surface area contributed by atoms with Crippen molar-refractivity contribution < 1.29 is 19.4 Å². The first kappa shape index (κ1) is 16.9. The Morgan fingerprint density at radius 2 is 1.40 bits per heavy atom. The summed E-state index contributed by atoms with van der Waals surface area (Å²) in [4.78, 5) is 12.9. The van der Waals surface area contributed by atoms with Gasteiger partial charge in [-0.15, -0.1) is 0 Å². The van der Waals surface area contributed by atoms with Crippen molar-refractivity contribution >= 4 is 17.7 Å². The molecule has 0 fully saturated rings. The van der Waals surface area contributed by atoms with Crippen molar-refractivity contribution in [3.05, 3.63) is 78.4 Å². The lowest BCUT2D eigenvalue weighted by Crippen LogP contribution is -1.97. The summed E-state index contributed by atoms with van der Waals surface area (Å²) in [6.45, 7) is 0. The Morgan fingerprint density at radius 1 is 0.840 bits per heavy atom. The summed E-state index contributed by atoms with van der Waals surface area (Å²) in [5.41, 5.74) is 0.297. The maximum atomic E-state index is 11.3. The second-order valence-electron chi connectivity index (χ2n) is 5.15. The molecule has 0 saturated heterocycles. The van der Waals surface area contributed by atoms with Crippen molar-refractivity contribution in [3.63, 3.8) is 0 Å². The second-order valence-corrected chi connectivity index (χ2v) is 6.27. The van der Waals surface area contributed by atoms with E-state index in [-0.39, 0.29) is 0 Å². The minimum atomic E-state index is -0.928. The predicted molar refractivity (Wildman–Crippen MR) is 97.0 cm³/mol. The van der Waals surface area contributed by atoms with Crippen LogP contribution in [0, 0.1) is 0 Å². The minimum Gasteiger partial charge on any atom is -0.497 e. The Morgan fingerprint density at radius 3 is 2.00 bits per heavy atom. The van der Waals surface area contributed by atoms with Gasteiger partial charge < -0.3 is 14.6 Å². The zero-order valence-electron chi connectivity index (χ0n) is 13.5. The first-order valence-corrected chi connectivity index (χ1v) is 8.39. The molecule has 25 heavy (non-hydrogen) atoms. The van der Waals surface area contributed by atoms with Gasteiger partial charge in [-0.2, -0.15) is 0 Å². The van der Waals surface area contributed by atoms with Crippen molar-refractivity contribution in [3.8, 4) is 17.2 Å². The third-order valence-electron chi connectivity index (χ3n) is 3.46. The number of hydrogen-bond donors (Lipinski definition) is 1. The maximum absolute atomic E-state index is 11.3. The predicted octanol–water partition coefficient (Wildman–Crippen LogP) is 5.34. The van der Waals surface area contributed by atoms with E-state index in [2.05, 4.69) is 0 Å². The Bertz CT molecular complexity index is 858. The van der Waals surface area contributed by atoms with E-state index in [1.54, 1.807) is 25.3 Å². The van der Waals surface area contributed by atoms with E-state index in [0.717, 1.165) is 16.4 Å². The Labute approximate surface area is 150 Å². The summed E-state index contributed by atoms with van der Waals surface area (Å²) in [7, 11) is 1.62. The molecule has 4 nitrogen and oxygen atoms in total. The molecule has 0 saturated carbocycles. The molecule has 0 aromatic heterocycles. The molecule has 0 atom stereocenters. The Balaban J connectivity index is 1.71. The van der Waals surface area contributed by atoms with E-state index in [1.165, 1.54) is 11.8 Å². The van der Waals surface area contributed by atoms with Crippen molar-refractivity contribution in [2.24, 2.45) is 0 Å². The van der Waals surface area contributed by atoms with Crippen LogP contribution in [-0.2, 0) is 0 Å². The third kappa shape index (κ3) is 4.33. The van der Waals surface area contributed by atoms with Crippen LogP contribution < -0.4 is 9.47 Å². The highest BCUT2D eigenvalue weighted by molar-refractivity contribution is 7.99. The molecule has 126 valence electrons. The molecule has 1 N–H and O–H groups in total. The number of methoxy groups -OCH3 is 1. The van der Waals surface area contributed by atoms with E-state index >= 15 is 0 Å². The van der Waals surface area contributed by atoms with Crippen molar-refractivity contribution in [2.45, 2.75) is 9.79 Å². The highest BCUT2D eigenvalue weighted by Crippen LogP contribution is 2.32. The maximum Gasteiger partial charge on any atom is 0.336 e. The van der Waals surface area contributed by atoms with E-state index in [9.17, 15) is 9.90 Å². The average Bonchev–Trinajstić information content (AvgIpc) is 2.64. The molecule has 0 heterocycles. The molecule has 0 aliphatic heterocycles. The Hall–Kier alpha value is -2.92. The number of carboxylic acid groups (broad SMARTS) is 1. The van der Waals surface area contributed by atoms with Crippen LogP contribution in [0.5, 0.6) is 17.2 Å². The fourth-order valence-electron chi connectivity index (χ4n) is 2.21. The van der Waals surface area contributed by atoms with Gasteiger partial charge >= 0.3 is 5.97 Å². The van der Waals surface area contributed by atoms with Crippen LogP contribution >= 0.6 is 11.8 Å². The number of carbonyl (C=O) groups is 1. The molecule has 0 unspecified atom stereocenters. The molecule has 0 aliphatic rings. The lowest BCUT2D eigenvalue weighted by atomic mass is 10.2. The first-order valence-electron chi connectivity index (χ1n) is 7.58. The normalized spacial score (nSPS) is 10.3. The van der Waals surface area contributed by atoms with Gasteiger partial charge in [-0.3, -0.25) is 0 Å². The van der Waals surface area contributed by atoms with Crippen LogP contribution in [0.4, 0.5) is 0 Å². The number of benzene rings is 3. The van der Waals surface area contributed by atoms with Crippen LogP contribution in [-0.4, -0.2) is 18.2 Å². The van der Waals surface area contributed by atoms with Crippen LogP contribution in [0.25, 0.3) is 0 Å². The molecule has 3 aromatic rings. The molecule has 5 heteroatoms. The number of hydrogen-bond acceptors (Lipinski definition) is 4.